The molecule has 29 heavy (non-hydrogen) atoms. The lowest BCUT2D eigenvalue weighted by molar-refractivity contribution is 0.462. The molecule has 0 aliphatic heterocycles. The van der Waals surface area contributed by atoms with Crippen LogP contribution >= 0.6 is 0 Å². The van der Waals surface area contributed by atoms with Gasteiger partial charge in [0.05, 0.1) is 17.8 Å². The molecule has 0 radical (unpaired) electrons. The number of hydrogen-bond acceptors (Lipinski definition) is 4. The lowest BCUT2D eigenvalue weighted by Gasteiger charge is -2.23. The number of hydrogen-bond donors (Lipinski definition) is 1. The van der Waals surface area contributed by atoms with Crippen molar-refractivity contribution in [2.75, 3.05) is 5.32 Å². The van der Waals surface area contributed by atoms with E-state index in [4.69, 9.17) is 4.98 Å². The van der Waals surface area contributed by atoms with Crippen LogP contribution in [0.2, 0.25) is 0 Å². The predicted octanol–water partition coefficient (Wildman–Crippen LogP) is 5.29. The van der Waals surface area contributed by atoms with Crippen LogP contribution in [0.3, 0.4) is 0 Å². The van der Waals surface area contributed by atoms with Gasteiger partial charge >= 0.3 is 0 Å². The minimum absolute atomic E-state index is 0.463. The van der Waals surface area contributed by atoms with E-state index in [0.717, 1.165) is 28.1 Å². The Morgan fingerprint density at radius 2 is 1.62 bits per heavy atom. The molecule has 0 amide bonds. The van der Waals surface area contributed by atoms with Crippen molar-refractivity contribution >= 4 is 16.9 Å². The number of nitrogens with one attached hydrogen (secondary N) is 1. The molecule has 5 nitrogen and oxygen atoms in total. The predicted molar refractivity (Wildman–Crippen MR) is 117 cm³/mol. The monoisotopic (exact) mass is 383 g/mol. The Kier molecular flexibility index (Phi) is 4.95. The highest BCUT2D eigenvalue weighted by molar-refractivity contribution is 5.89. The molecule has 0 saturated heterocycles. The van der Waals surface area contributed by atoms with Gasteiger partial charge in [0.15, 0.2) is 11.3 Å². The average molecular weight is 383 g/mol. The quantitative estimate of drug-likeness (QED) is 0.509. The summed E-state index contributed by atoms with van der Waals surface area (Å²) in [5.41, 5.74) is 5.13. The fourth-order valence-electron chi connectivity index (χ4n) is 4.14. The average Bonchev–Trinajstić information content (AvgIpc) is 3.19. The summed E-state index contributed by atoms with van der Waals surface area (Å²) in [5, 5.41) is 12.7. The molecule has 4 aromatic rings. The molecule has 2 aromatic carbocycles. The van der Waals surface area contributed by atoms with Crippen LogP contribution in [0.1, 0.15) is 37.7 Å². The third-order valence-electron chi connectivity index (χ3n) is 5.69. The summed E-state index contributed by atoms with van der Waals surface area (Å²) in [6.45, 7) is 0.693. The number of anilines is 1. The Bertz CT molecular complexity index is 1080. The van der Waals surface area contributed by atoms with Crippen LogP contribution in [-0.4, -0.2) is 26.0 Å². The minimum atomic E-state index is 0.463. The van der Waals surface area contributed by atoms with Crippen LogP contribution in [0.4, 0.5) is 5.82 Å². The van der Waals surface area contributed by atoms with Gasteiger partial charge in [-0.3, -0.25) is 0 Å². The highest BCUT2D eigenvalue weighted by Gasteiger charge is 2.19. The van der Waals surface area contributed by atoms with Crippen molar-refractivity contribution in [3.05, 3.63) is 72.3 Å². The van der Waals surface area contributed by atoms with Crippen molar-refractivity contribution in [1.29, 1.82) is 0 Å². The summed E-state index contributed by atoms with van der Waals surface area (Å²) in [6, 6.07) is 23.3. The van der Waals surface area contributed by atoms with Crippen LogP contribution in [0.15, 0.2) is 66.7 Å². The van der Waals surface area contributed by atoms with Crippen molar-refractivity contribution in [2.45, 2.75) is 44.7 Å². The third-order valence-corrected chi connectivity index (χ3v) is 5.69. The molecule has 0 atom stereocenters. The zero-order valence-corrected chi connectivity index (χ0v) is 16.5. The molecule has 2 aromatic heterocycles. The van der Waals surface area contributed by atoms with E-state index < -0.39 is 0 Å². The Morgan fingerprint density at radius 3 is 2.38 bits per heavy atom. The zero-order chi connectivity index (χ0) is 19.5. The highest BCUT2D eigenvalue weighted by atomic mass is 15.4. The molecule has 1 saturated carbocycles. The van der Waals surface area contributed by atoms with Gasteiger partial charge < -0.3 is 5.32 Å². The SMILES string of the molecule is c1ccc(Cn2nnc3c(NC4CCCCC4)nc(-c4ccccc4)cc32)cc1. The lowest BCUT2D eigenvalue weighted by atomic mass is 9.95. The van der Waals surface area contributed by atoms with Gasteiger partial charge in [-0.1, -0.05) is 85.1 Å². The van der Waals surface area contributed by atoms with Gasteiger partial charge in [-0.25, -0.2) is 9.67 Å². The molecule has 0 unspecified atom stereocenters. The van der Waals surface area contributed by atoms with Crippen molar-refractivity contribution in [1.82, 2.24) is 20.0 Å². The second kappa shape index (κ2) is 8.03. The molecule has 1 aliphatic rings. The highest BCUT2D eigenvalue weighted by Crippen LogP contribution is 2.29. The molecule has 1 N–H and O–H groups in total. The summed E-state index contributed by atoms with van der Waals surface area (Å²) < 4.78 is 1.98. The van der Waals surface area contributed by atoms with Crippen LogP contribution < -0.4 is 5.32 Å². The minimum Gasteiger partial charge on any atom is -0.365 e. The van der Waals surface area contributed by atoms with Gasteiger partial charge in [0.2, 0.25) is 0 Å². The summed E-state index contributed by atoms with van der Waals surface area (Å²) in [7, 11) is 0. The zero-order valence-electron chi connectivity index (χ0n) is 16.5. The fourth-order valence-corrected chi connectivity index (χ4v) is 4.14. The first kappa shape index (κ1) is 17.9. The van der Waals surface area contributed by atoms with Crippen molar-refractivity contribution < 1.29 is 0 Å². The smallest absolute Gasteiger partial charge is 0.157 e. The Labute approximate surface area is 170 Å². The van der Waals surface area contributed by atoms with Gasteiger partial charge in [0, 0.05) is 11.6 Å². The van der Waals surface area contributed by atoms with Crippen molar-refractivity contribution in [2.24, 2.45) is 0 Å². The molecule has 5 heteroatoms. The third kappa shape index (κ3) is 3.86. The fraction of sp³-hybridized carbons (Fsp3) is 0.292. The largest absolute Gasteiger partial charge is 0.365 e. The Hall–Kier alpha value is -3.21. The second-order valence-corrected chi connectivity index (χ2v) is 7.80. The van der Waals surface area contributed by atoms with Gasteiger partial charge in [0.1, 0.15) is 0 Å². The summed E-state index contributed by atoms with van der Waals surface area (Å²) in [5.74, 6) is 0.854. The molecule has 1 aliphatic carbocycles. The topological polar surface area (TPSA) is 55.6 Å². The summed E-state index contributed by atoms with van der Waals surface area (Å²) in [6.07, 6.45) is 6.27. The first-order chi connectivity index (χ1) is 14.4. The maximum atomic E-state index is 4.96. The number of benzene rings is 2. The van der Waals surface area contributed by atoms with E-state index in [2.05, 4.69) is 70.2 Å². The Morgan fingerprint density at radius 1 is 0.897 bits per heavy atom. The van der Waals surface area contributed by atoms with Crippen LogP contribution in [0.25, 0.3) is 22.3 Å². The molecule has 1 fully saturated rings. The number of fused-ring (bicyclic) bond motifs is 1. The molecular formula is C24H25N5. The van der Waals surface area contributed by atoms with E-state index in [1.54, 1.807) is 0 Å². The normalized spacial score (nSPS) is 14.9. The molecular weight excluding hydrogens is 358 g/mol. The first-order valence-corrected chi connectivity index (χ1v) is 10.5. The number of nitrogens with zero attached hydrogens (tertiary/aromatic N) is 4. The summed E-state index contributed by atoms with van der Waals surface area (Å²) in [4.78, 5) is 4.96. The Balaban J connectivity index is 1.58. The van der Waals surface area contributed by atoms with E-state index in [1.165, 1.54) is 37.7 Å². The van der Waals surface area contributed by atoms with Crippen LogP contribution in [-0.2, 0) is 6.54 Å². The van der Waals surface area contributed by atoms with Crippen LogP contribution in [0.5, 0.6) is 0 Å². The maximum absolute atomic E-state index is 4.96. The molecule has 0 bridgehead atoms. The molecule has 0 spiro atoms. The van der Waals surface area contributed by atoms with Crippen LogP contribution in [0, 0.1) is 0 Å². The number of rotatable bonds is 5. The van der Waals surface area contributed by atoms with Gasteiger partial charge in [-0.15, -0.1) is 5.10 Å². The van der Waals surface area contributed by atoms with Crippen molar-refractivity contribution in [3.8, 4) is 11.3 Å². The van der Waals surface area contributed by atoms with Crippen molar-refractivity contribution in [3.63, 3.8) is 0 Å². The summed E-state index contributed by atoms with van der Waals surface area (Å²) >= 11 is 0. The maximum Gasteiger partial charge on any atom is 0.157 e. The standard InChI is InChI=1S/C24H25N5/c1-4-10-18(11-5-1)17-29-22-16-21(19-12-6-2-7-13-19)26-24(23(22)27-28-29)25-20-14-8-3-9-15-20/h1-2,4-7,10-13,16,20H,3,8-9,14-15,17H2,(H,25,26). The van der Waals surface area contributed by atoms with Gasteiger partial charge in [-0.2, -0.15) is 0 Å². The van der Waals surface area contributed by atoms with E-state index in [0.29, 0.717) is 12.6 Å². The molecule has 5 rings (SSSR count). The lowest BCUT2D eigenvalue weighted by Crippen LogP contribution is -2.23. The number of pyridine rings is 1. The van der Waals surface area contributed by atoms with E-state index in [9.17, 15) is 0 Å². The second-order valence-electron chi connectivity index (χ2n) is 7.80. The van der Waals surface area contributed by atoms with E-state index in [-0.39, 0.29) is 0 Å². The molecule has 2 heterocycles. The number of aromatic nitrogens is 4. The first-order valence-electron chi connectivity index (χ1n) is 10.5. The van der Waals surface area contributed by atoms with Gasteiger partial charge in [-0.05, 0) is 24.5 Å². The molecule has 146 valence electrons. The van der Waals surface area contributed by atoms with E-state index >= 15 is 0 Å². The van der Waals surface area contributed by atoms with Gasteiger partial charge in [0.25, 0.3) is 0 Å². The van der Waals surface area contributed by atoms with E-state index in [1.807, 2.05) is 16.8 Å².